The summed E-state index contributed by atoms with van der Waals surface area (Å²) in [6.45, 7) is 2.78. The Hall–Kier alpha value is -1.98. The molecule has 26 heavy (non-hydrogen) atoms. The molecule has 2 aliphatic heterocycles. The van der Waals surface area contributed by atoms with Crippen LogP contribution in [0.4, 0.5) is 8.78 Å². The molecule has 1 aromatic rings. The second kappa shape index (κ2) is 8.60. The van der Waals surface area contributed by atoms with Gasteiger partial charge in [0.15, 0.2) is 11.6 Å². The van der Waals surface area contributed by atoms with E-state index >= 15 is 0 Å². The zero-order chi connectivity index (χ0) is 18.5. The molecule has 1 aromatic carbocycles. The SMILES string of the molecule is O=C1CCCN1CCC(=O)N1CCC[C@H](CCc2ccc(F)c(F)c2)C1. The summed E-state index contributed by atoms with van der Waals surface area (Å²) in [4.78, 5) is 27.8. The van der Waals surface area contributed by atoms with Gasteiger partial charge in [-0.05, 0) is 55.7 Å². The lowest BCUT2D eigenvalue weighted by Crippen LogP contribution is -2.41. The monoisotopic (exact) mass is 364 g/mol. The fourth-order valence-corrected chi connectivity index (χ4v) is 3.92. The standard InChI is InChI=1S/C20H26F2N2O2/c21-17-8-7-15(13-18(17)22)5-6-16-3-1-11-24(14-16)20(26)9-12-23-10-2-4-19(23)25/h7-8,13,16H,1-6,9-12,14H2/t16-/m1/s1. The van der Waals surface area contributed by atoms with Gasteiger partial charge in [-0.15, -0.1) is 0 Å². The van der Waals surface area contributed by atoms with E-state index in [0.717, 1.165) is 50.9 Å². The first kappa shape index (κ1) is 18.8. The molecule has 3 rings (SSSR count). The molecule has 0 aromatic heterocycles. The summed E-state index contributed by atoms with van der Waals surface area (Å²) in [6.07, 6.45) is 5.45. The third-order valence-electron chi connectivity index (χ3n) is 5.46. The molecule has 0 bridgehead atoms. The zero-order valence-corrected chi connectivity index (χ0v) is 15.1. The number of hydrogen-bond donors (Lipinski definition) is 0. The Labute approximate surface area is 153 Å². The van der Waals surface area contributed by atoms with Crippen molar-refractivity contribution >= 4 is 11.8 Å². The molecule has 0 radical (unpaired) electrons. The summed E-state index contributed by atoms with van der Waals surface area (Å²) in [5.74, 6) is -0.976. The fraction of sp³-hybridized carbons (Fsp3) is 0.600. The molecule has 142 valence electrons. The van der Waals surface area contributed by atoms with Gasteiger partial charge in [-0.2, -0.15) is 0 Å². The maximum absolute atomic E-state index is 13.3. The largest absolute Gasteiger partial charge is 0.342 e. The minimum Gasteiger partial charge on any atom is -0.342 e. The van der Waals surface area contributed by atoms with Crippen LogP contribution in [-0.4, -0.2) is 47.8 Å². The molecule has 2 aliphatic rings. The number of nitrogens with zero attached hydrogens (tertiary/aromatic N) is 2. The molecule has 0 aliphatic carbocycles. The molecule has 1 atom stereocenters. The van der Waals surface area contributed by atoms with Gasteiger partial charge in [0.2, 0.25) is 11.8 Å². The van der Waals surface area contributed by atoms with E-state index < -0.39 is 11.6 Å². The van der Waals surface area contributed by atoms with Crippen LogP contribution >= 0.6 is 0 Å². The third-order valence-corrected chi connectivity index (χ3v) is 5.46. The predicted molar refractivity (Wildman–Crippen MR) is 94.4 cm³/mol. The molecule has 0 N–H and O–H groups in total. The molecule has 0 unspecified atom stereocenters. The number of hydrogen-bond acceptors (Lipinski definition) is 2. The molecule has 6 heteroatoms. The maximum atomic E-state index is 13.3. The van der Waals surface area contributed by atoms with Crippen molar-refractivity contribution in [3.05, 3.63) is 35.4 Å². The molecule has 4 nitrogen and oxygen atoms in total. The first-order valence-corrected chi connectivity index (χ1v) is 9.52. The van der Waals surface area contributed by atoms with E-state index in [1.54, 1.807) is 11.0 Å². The van der Waals surface area contributed by atoms with Crippen molar-refractivity contribution in [3.63, 3.8) is 0 Å². The van der Waals surface area contributed by atoms with Crippen molar-refractivity contribution in [2.75, 3.05) is 26.2 Å². The Balaban J connectivity index is 1.45. The Bertz CT molecular complexity index is 665. The highest BCUT2D eigenvalue weighted by Crippen LogP contribution is 2.23. The quantitative estimate of drug-likeness (QED) is 0.778. The van der Waals surface area contributed by atoms with Gasteiger partial charge in [0.05, 0.1) is 0 Å². The average molecular weight is 364 g/mol. The average Bonchev–Trinajstić information content (AvgIpc) is 3.06. The fourth-order valence-electron chi connectivity index (χ4n) is 3.92. The summed E-state index contributed by atoms with van der Waals surface area (Å²) >= 11 is 0. The normalized spacial score (nSPS) is 20.7. The number of carbonyl (C=O) groups excluding carboxylic acids is 2. The van der Waals surface area contributed by atoms with Gasteiger partial charge < -0.3 is 9.80 Å². The van der Waals surface area contributed by atoms with Crippen LogP contribution in [0.2, 0.25) is 0 Å². The number of amides is 2. The van der Waals surface area contributed by atoms with Crippen molar-refractivity contribution in [1.29, 1.82) is 0 Å². The van der Waals surface area contributed by atoms with E-state index in [-0.39, 0.29) is 11.8 Å². The molecule has 2 saturated heterocycles. The Morgan fingerprint density at radius 3 is 2.73 bits per heavy atom. The number of halogens is 2. The second-order valence-electron chi connectivity index (χ2n) is 7.37. The van der Waals surface area contributed by atoms with Gasteiger partial charge in [0, 0.05) is 39.0 Å². The molecular weight excluding hydrogens is 338 g/mol. The number of rotatable bonds is 6. The van der Waals surface area contributed by atoms with E-state index in [1.807, 2.05) is 4.90 Å². The van der Waals surface area contributed by atoms with Crippen LogP contribution in [-0.2, 0) is 16.0 Å². The summed E-state index contributed by atoms with van der Waals surface area (Å²) in [5, 5.41) is 0. The van der Waals surface area contributed by atoms with Gasteiger partial charge in [0.25, 0.3) is 0 Å². The van der Waals surface area contributed by atoms with Gasteiger partial charge in [0.1, 0.15) is 0 Å². The summed E-state index contributed by atoms with van der Waals surface area (Å²) < 4.78 is 26.3. The van der Waals surface area contributed by atoms with Gasteiger partial charge >= 0.3 is 0 Å². The minimum absolute atomic E-state index is 0.113. The van der Waals surface area contributed by atoms with Crippen LogP contribution in [0, 0.1) is 17.6 Å². The van der Waals surface area contributed by atoms with E-state index in [2.05, 4.69) is 0 Å². The molecule has 2 fully saturated rings. The first-order chi connectivity index (χ1) is 12.5. The minimum atomic E-state index is -0.820. The van der Waals surface area contributed by atoms with Crippen molar-refractivity contribution in [3.8, 4) is 0 Å². The number of aryl methyl sites for hydroxylation is 1. The van der Waals surface area contributed by atoms with Gasteiger partial charge in [-0.25, -0.2) is 8.78 Å². The lowest BCUT2D eigenvalue weighted by Gasteiger charge is -2.33. The lowest BCUT2D eigenvalue weighted by molar-refractivity contribution is -0.134. The number of piperidine rings is 1. The summed E-state index contributed by atoms with van der Waals surface area (Å²) in [6, 6.07) is 4.05. The van der Waals surface area contributed by atoms with Crippen LogP contribution in [0.3, 0.4) is 0 Å². The van der Waals surface area contributed by atoms with Crippen LogP contribution in [0.15, 0.2) is 18.2 Å². The summed E-state index contributed by atoms with van der Waals surface area (Å²) in [7, 11) is 0. The third kappa shape index (κ3) is 4.80. The Morgan fingerprint density at radius 1 is 1.15 bits per heavy atom. The zero-order valence-electron chi connectivity index (χ0n) is 15.1. The van der Waals surface area contributed by atoms with Gasteiger partial charge in [-0.3, -0.25) is 9.59 Å². The van der Waals surface area contributed by atoms with Crippen molar-refractivity contribution in [2.45, 2.75) is 44.9 Å². The molecule has 2 heterocycles. The number of likely N-dealkylation sites (tertiary alicyclic amines) is 2. The smallest absolute Gasteiger partial charge is 0.224 e. The maximum Gasteiger partial charge on any atom is 0.224 e. The highest BCUT2D eigenvalue weighted by Gasteiger charge is 2.25. The Morgan fingerprint density at radius 2 is 2.00 bits per heavy atom. The number of carbonyl (C=O) groups is 2. The summed E-state index contributed by atoms with van der Waals surface area (Å²) in [5.41, 5.74) is 0.792. The van der Waals surface area contributed by atoms with Crippen LogP contribution < -0.4 is 0 Å². The predicted octanol–water partition coefficient (Wildman–Crippen LogP) is 3.15. The van der Waals surface area contributed by atoms with Crippen molar-refractivity contribution in [2.24, 2.45) is 5.92 Å². The second-order valence-corrected chi connectivity index (χ2v) is 7.37. The highest BCUT2D eigenvalue weighted by atomic mass is 19.2. The van der Waals surface area contributed by atoms with E-state index in [1.165, 1.54) is 12.1 Å². The lowest BCUT2D eigenvalue weighted by atomic mass is 9.91. The highest BCUT2D eigenvalue weighted by molar-refractivity contribution is 5.80. The van der Waals surface area contributed by atoms with E-state index in [9.17, 15) is 18.4 Å². The molecular formula is C20H26F2N2O2. The molecule has 0 spiro atoms. The molecule has 0 saturated carbocycles. The van der Waals surface area contributed by atoms with Crippen molar-refractivity contribution < 1.29 is 18.4 Å². The van der Waals surface area contributed by atoms with Crippen LogP contribution in [0.1, 0.15) is 44.1 Å². The van der Waals surface area contributed by atoms with E-state index in [0.29, 0.717) is 31.7 Å². The molecule has 2 amide bonds. The first-order valence-electron chi connectivity index (χ1n) is 9.52. The number of benzene rings is 1. The van der Waals surface area contributed by atoms with Gasteiger partial charge in [-0.1, -0.05) is 6.07 Å². The van der Waals surface area contributed by atoms with Crippen molar-refractivity contribution in [1.82, 2.24) is 9.80 Å². The van der Waals surface area contributed by atoms with Crippen LogP contribution in [0.25, 0.3) is 0 Å². The Kier molecular flexibility index (Phi) is 6.22. The van der Waals surface area contributed by atoms with Crippen LogP contribution in [0.5, 0.6) is 0 Å². The van der Waals surface area contributed by atoms with E-state index in [4.69, 9.17) is 0 Å². The topological polar surface area (TPSA) is 40.6 Å².